The van der Waals surface area contributed by atoms with Crippen molar-refractivity contribution in [3.63, 3.8) is 0 Å². The van der Waals surface area contributed by atoms with E-state index >= 15 is 0 Å². The summed E-state index contributed by atoms with van der Waals surface area (Å²) in [5.74, 6) is 1.45. The number of fused-ring (bicyclic) bond motifs is 1. The number of phenolic OH excluding ortho intramolecular Hbond substituents is 1. The Morgan fingerprint density at radius 2 is 1.81 bits per heavy atom. The van der Waals surface area contributed by atoms with E-state index in [4.69, 9.17) is 26.3 Å². The van der Waals surface area contributed by atoms with Crippen LogP contribution < -0.4 is 9.47 Å². The molecule has 3 aromatic rings. The molecular formula is C25H25ClN2O4. The lowest BCUT2D eigenvalue weighted by molar-refractivity contribution is 0.201. The van der Waals surface area contributed by atoms with E-state index in [2.05, 4.69) is 22.2 Å². The van der Waals surface area contributed by atoms with Gasteiger partial charge in [-0.3, -0.25) is 4.90 Å². The minimum absolute atomic E-state index is 0.0481. The summed E-state index contributed by atoms with van der Waals surface area (Å²) in [6.45, 7) is 1.24. The average molecular weight is 453 g/mol. The number of phenols is 1. The second-order valence-electron chi connectivity index (χ2n) is 7.69. The lowest BCUT2D eigenvalue weighted by Gasteiger charge is -2.38. The van der Waals surface area contributed by atoms with Crippen LogP contribution in [0.15, 0.2) is 59.8 Å². The fraction of sp³-hybridized carbons (Fsp3) is 0.240. The normalized spacial score (nSPS) is 16.2. The monoisotopic (exact) mass is 452 g/mol. The molecule has 6 nitrogen and oxygen atoms in total. The molecule has 0 fully saturated rings. The summed E-state index contributed by atoms with van der Waals surface area (Å²) in [6.07, 6.45) is 2.01. The van der Waals surface area contributed by atoms with Crippen molar-refractivity contribution >= 4 is 17.8 Å². The molecule has 32 heavy (non-hydrogen) atoms. The molecule has 0 aromatic heterocycles. The third-order valence-corrected chi connectivity index (χ3v) is 6.06. The number of halogens is 1. The van der Waals surface area contributed by atoms with Gasteiger partial charge in [-0.25, -0.2) is 0 Å². The topological polar surface area (TPSA) is 74.5 Å². The van der Waals surface area contributed by atoms with Crippen molar-refractivity contribution in [2.75, 3.05) is 20.8 Å². The summed E-state index contributed by atoms with van der Waals surface area (Å²) in [7, 11) is 3.28. The van der Waals surface area contributed by atoms with Crippen molar-refractivity contribution in [3.05, 3.63) is 87.4 Å². The quantitative estimate of drug-likeness (QED) is 0.312. The van der Waals surface area contributed by atoms with Gasteiger partial charge in [-0.2, -0.15) is 0 Å². The first kappa shape index (κ1) is 22.0. The Morgan fingerprint density at radius 3 is 2.50 bits per heavy atom. The number of hydrogen-bond donors (Lipinski definition) is 2. The molecule has 1 aliphatic rings. The summed E-state index contributed by atoms with van der Waals surface area (Å²) in [4.78, 5) is 2.30. The Bertz CT molecular complexity index is 1130. The zero-order chi connectivity index (χ0) is 22.7. The molecule has 0 bridgehead atoms. The van der Waals surface area contributed by atoms with Crippen molar-refractivity contribution in [3.8, 4) is 17.2 Å². The average Bonchev–Trinajstić information content (AvgIpc) is 2.81. The first-order valence-electron chi connectivity index (χ1n) is 10.3. The summed E-state index contributed by atoms with van der Waals surface area (Å²) in [5, 5.41) is 23.2. The van der Waals surface area contributed by atoms with E-state index in [0.29, 0.717) is 34.2 Å². The fourth-order valence-electron chi connectivity index (χ4n) is 4.37. The van der Waals surface area contributed by atoms with Crippen molar-refractivity contribution in [2.45, 2.75) is 19.0 Å². The van der Waals surface area contributed by atoms with E-state index in [1.54, 1.807) is 26.4 Å². The Labute approximate surface area is 192 Å². The zero-order valence-corrected chi connectivity index (χ0v) is 18.7. The predicted octanol–water partition coefficient (Wildman–Crippen LogP) is 5.02. The molecule has 0 radical (unpaired) electrons. The molecule has 2 N–H and O–H groups in total. The van der Waals surface area contributed by atoms with Crippen molar-refractivity contribution < 1.29 is 19.8 Å². The van der Waals surface area contributed by atoms with Gasteiger partial charge in [-0.05, 0) is 47.4 Å². The maximum Gasteiger partial charge on any atom is 0.161 e. The van der Waals surface area contributed by atoms with Gasteiger partial charge >= 0.3 is 0 Å². The highest BCUT2D eigenvalue weighted by Crippen LogP contribution is 2.42. The molecule has 0 saturated heterocycles. The third kappa shape index (κ3) is 4.24. The maximum atomic E-state index is 10.8. The predicted molar refractivity (Wildman–Crippen MR) is 124 cm³/mol. The first-order valence-corrected chi connectivity index (χ1v) is 10.7. The molecule has 4 rings (SSSR count). The maximum absolute atomic E-state index is 10.8. The summed E-state index contributed by atoms with van der Waals surface area (Å²) < 4.78 is 11.1. The van der Waals surface area contributed by atoms with Gasteiger partial charge in [-0.1, -0.05) is 47.1 Å². The Balaban J connectivity index is 1.80. The third-order valence-electron chi connectivity index (χ3n) is 5.84. The van der Waals surface area contributed by atoms with Crippen LogP contribution >= 0.6 is 11.6 Å². The Morgan fingerprint density at radius 1 is 1.09 bits per heavy atom. The van der Waals surface area contributed by atoms with Crippen LogP contribution in [0.2, 0.25) is 5.02 Å². The molecule has 7 heteroatoms. The molecule has 0 aliphatic carbocycles. The standard InChI is InChI=1S/C25H25ClN2O4/c1-31-22-12-17-8-9-28(15-19-11-20(26)10-18(14-27-30)25(19)29)24(16-6-4-3-5-7-16)21(17)13-23(22)32-2/h3-7,10-14,24,29-30H,8-9,15H2,1-2H3/b27-14+. The van der Waals surface area contributed by atoms with Crippen molar-refractivity contribution in [1.29, 1.82) is 0 Å². The van der Waals surface area contributed by atoms with Gasteiger partial charge < -0.3 is 19.8 Å². The van der Waals surface area contributed by atoms with E-state index in [9.17, 15) is 5.11 Å². The molecule has 166 valence electrons. The van der Waals surface area contributed by atoms with E-state index in [1.165, 1.54) is 11.8 Å². The number of oxime groups is 1. The Kier molecular flexibility index (Phi) is 6.53. The largest absolute Gasteiger partial charge is 0.507 e. The lowest BCUT2D eigenvalue weighted by atomic mass is 9.87. The summed E-state index contributed by atoms with van der Waals surface area (Å²) in [6, 6.07) is 17.6. The number of benzene rings is 3. The van der Waals surface area contributed by atoms with Gasteiger partial charge in [0.2, 0.25) is 0 Å². The van der Waals surface area contributed by atoms with Crippen LogP contribution in [0.25, 0.3) is 0 Å². The summed E-state index contributed by atoms with van der Waals surface area (Å²) >= 11 is 6.28. The van der Waals surface area contributed by atoms with Gasteiger partial charge in [0.15, 0.2) is 11.5 Å². The van der Waals surface area contributed by atoms with Gasteiger partial charge in [-0.15, -0.1) is 0 Å². The highest BCUT2D eigenvalue weighted by atomic mass is 35.5. The van der Waals surface area contributed by atoms with E-state index in [0.717, 1.165) is 24.1 Å². The fourth-order valence-corrected chi connectivity index (χ4v) is 4.62. The number of hydrogen-bond acceptors (Lipinski definition) is 6. The highest BCUT2D eigenvalue weighted by molar-refractivity contribution is 6.31. The SMILES string of the molecule is COc1cc2c(cc1OC)C(c1ccccc1)N(Cc1cc(Cl)cc(/C=N/O)c1O)CC2. The van der Waals surface area contributed by atoms with Crippen molar-refractivity contribution in [1.82, 2.24) is 4.90 Å². The smallest absolute Gasteiger partial charge is 0.161 e. The summed E-state index contributed by atoms with van der Waals surface area (Å²) in [5.41, 5.74) is 4.52. The zero-order valence-electron chi connectivity index (χ0n) is 18.0. The second-order valence-corrected chi connectivity index (χ2v) is 8.12. The molecule has 1 unspecified atom stereocenters. The van der Waals surface area contributed by atoms with Crippen molar-refractivity contribution in [2.24, 2.45) is 5.16 Å². The first-order chi connectivity index (χ1) is 15.5. The van der Waals surface area contributed by atoms with Crippen LogP contribution in [0.4, 0.5) is 0 Å². The van der Waals surface area contributed by atoms with Gasteiger partial charge in [0.1, 0.15) is 5.75 Å². The molecule has 1 heterocycles. The number of ether oxygens (including phenoxy) is 2. The van der Waals surface area contributed by atoms with Crippen LogP contribution in [0.5, 0.6) is 17.2 Å². The minimum Gasteiger partial charge on any atom is -0.507 e. The van der Waals surface area contributed by atoms with Crippen LogP contribution in [0.1, 0.15) is 33.9 Å². The number of rotatable bonds is 6. The minimum atomic E-state index is -0.0481. The molecule has 0 spiro atoms. The second kappa shape index (κ2) is 9.51. The van der Waals surface area contributed by atoms with Crippen LogP contribution in [-0.2, 0) is 13.0 Å². The van der Waals surface area contributed by atoms with Gasteiger partial charge in [0, 0.05) is 29.2 Å². The highest BCUT2D eigenvalue weighted by Gasteiger charge is 2.31. The van der Waals surface area contributed by atoms with Gasteiger partial charge in [0.25, 0.3) is 0 Å². The molecule has 0 saturated carbocycles. The molecule has 3 aromatic carbocycles. The Hall–Kier alpha value is -3.22. The number of aromatic hydroxyl groups is 1. The van der Waals surface area contributed by atoms with Gasteiger partial charge in [0.05, 0.1) is 26.5 Å². The van der Waals surface area contributed by atoms with E-state index in [1.807, 2.05) is 30.3 Å². The van der Waals surface area contributed by atoms with Crippen LogP contribution in [-0.4, -0.2) is 42.2 Å². The van der Waals surface area contributed by atoms with E-state index in [-0.39, 0.29) is 11.8 Å². The molecule has 0 amide bonds. The number of methoxy groups -OCH3 is 2. The van der Waals surface area contributed by atoms with Crippen LogP contribution in [0.3, 0.4) is 0 Å². The molecule has 1 atom stereocenters. The number of nitrogens with zero attached hydrogens (tertiary/aromatic N) is 2. The van der Waals surface area contributed by atoms with E-state index < -0.39 is 0 Å². The lowest BCUT2D eigenvalue weighted by Crippen LogP contribution is -2.35. The van der Waals surface area contributed by atoms with Crippen LogP contribution in [0, 0.1) is 0 Å². The molecular weight excluding hydrogens is 428 g/mol. The molecule has 1 aliphatic heterocycles.